The second kappa shape index (κ2) is 5.88. The lowest BCUT2D eigenvalue weighted by atomic mass is 9.89. The molecule has 0 saturated heterocycles. The summed E-state index contributed by atoms with van der Waals surface area (Å²) in [5, 5.41) is 3.47. The molecule has 0 aromatic heterocycles. The zero-order valence-electron chi connectivity index (χ0n) is 12.7. The summed E-state index contributed by atoms with van der Waals surface area (Å²) >= 11 is 0. The summed E-state index contributed by atoms with van der Waals surface area (Å²) < 4.78 is 13.3. The predicted octanol–water partition coefficient (Wildman–Crippen LogP) is 5.19. The summed E-state index contributed by atoms with van der Waals surface area (Å²) in [6.07, 6.45) is 5.03. The van der Waals surface area contributed by atoms with E-state index in [1.807, 2.05) is 6.07 Å². The van der Waals surface area contributed by atoms with E-state index in [1.54, 1.807) is 13.0 Å². The number of benzene rings is 2. The van der Waals surface area contributed by atoms with E-state index < -0.39 is 0 Å². The maximum absolute atomic E-state index is 13.3. The van der Waals surface area contributed by atoms with Crippen molar-refractivity contribution < 1.29 is 4.39 Å². The minimum absolute atomic E-state index is 0.151. The van der Waals surface area contributed by atoms with Gasteiger partial charge in [0.2, 0.25) is 0 Å². The van der Waals surface area contributed by atoms with Crippen LogP contribution in [-0.4, -0.2) is 0 Å². The van der Waals surface area contributed by atoms with Crippen LogP contribution in [-0.2, 0) is 12.8 Å². The lowest BCUT2D eigenvalue weighted by molar-refractivity contribution is 0.618. The molecule has 2 aromatic carbocycles. The van der Waals surface area contributed by atoms with Crippen molar-refractivity contribution in [3.8, 4) is 0 Å². The van der Waals surface area contributed by atoms with Gasteiger partial charge in [0.1, 0.15) is 5.82 Å². The third-order valence-corrected chi connectivity index (χ3v) is 4.41. The zero-order chi connectivity index (χ0) is 14.8. The van der Waals surface area contributed by atoms with E-state index in [9.17, 15) is 4.39 Å². The largest absolute Gasteiger partial charge is 0.379 e. The monoisotopic (exact) mass is 283 g/mol. The fraction of sp³-hybridized carbons (Fsp3) is 0.368. The summed E-state index contributed by atoms with van der Waals surface area (Å²) in [4.78, 5) is 0. The topological polar surface area (TPSA) is 12.0 Å². The SMILES string of the molecule is Cc1cc(NC(C)c2ccc3c(c2)CCCC3)ccc1F. The van der Waals surface area contributed by atoms with E-state index in [0.717, 1.165) is 5.69 Å². The van der Waals surface area contributed by atoms with Gasteiger partial charge < -0.3 is 5.32 Å². The summed E-state index contributed by atoms with van der Waals surface area (Å²) in [7, 11) is 0. The van der Waals surface area contributed by atoms with Crippen LogP contribution in [0.4, 0.5) is 10.1 Å². The molecule has 0 heterocycles. The summed E-state index contributed by atoms with van der Waals surface area (Å²) in [5.41, 5.74) is 5.96. The summed E-state index contributed by atoms with van der Waals surface area (Å²) in [6.45, 7) is 3.95. The van der Waals surface area contributed by atoms with Crippen LogP contribution in [0.5, 0.6) is 0 Å². The van der Waals surface area contributed by atoms with Gasteiger partial charge in [-0.1, -0.05) is 18.2 Å². The van der Waals surface area contributed by atoms with E-state index in [0.29, 0.717) is 5.56 Å². The molecule has 0 aliphatic heterocycles. The maximum Gasteiger partial charge on any atom is 0.126 e. The Balaban J connectivity index is 1.78. The molecule has 1 aliphatic rings. The van der Waals surface area contributed by atoms with Crippen molar-refractivity contribution in [1.82, 2.24) is 0 Å². The first-order chi connectivity index (χ1) is 10.1. The molecule has 0 fully saturated rings. The average molecular weight is 283 g/mol. The highest BCUT2D eigenvalue weighted by molar-refractivity contribution is 5.48. The van der Waals surface area contributed by atoms with E-state index in [1.165, 1.54) is 48.4 Å². The smallest absolute Gasteiger partial charge is 0.126 e. The predicted molar refractivity (Wildman–Crippen MR) is 86.3 cm³/mol. The van der Waals surface area contributed by atoms with Gasteiger partial charge in [-0.25, -0.2) is 4.39 Å². The number of fused-ring (bicyclic) bond motifs is 1. The Hall–Kier alpha value is -1.83. The molecule has 110 valence electrons. The standard InChI is InChI=1S/C19H22FN/c1-13-11-18(9-10-19(13)20)21-14(2)16-8-7-15-5-3-4-6-17(15)12-16/h7-12,14,21H,3-6H2,1-2H3. The van der Waals surface area contributed by atoms with Crippen molar-refractivity contribution in [3.63, 3.8) is 0 Å². The molecule has 21 heavy (non-hydrogen) atoms. The summed E-state index contributed by atoms with van der Waals surface area (Å²) in [5.74, 6) is -0.151. The molecular formula is C19H22FN. The number of nitrogens with one attached hydrogen (secondary N) is 1. The quantitative estimate of drug-likeness (QED) is 0.817. The second-order valence-corrected chi connectivity index (χ2v) is 6.07. The molecule has 2 heteroatoms. The molecule has 0 radical (unpaired) electrons. The van der Waals surface area contributed by atoms with Crippen molar-refractivity contribution in [2.24, 2.45) is 0 Å². The molecule has 0 amide bonds. The van der Waals surface area contributed by atoms with E-state index in [4.69, 9.17) is 0 Å². The Morgan fingerprint density at radius 1 is 1.00 bits per heavy atom. The molecule has 2 aromatic rings. The fourth-order valence-corrected chi connectivity index (χ4v) is 3.09. The molecule has 0 saturated carbocycles. The Labute approximate surface area is 126 Å². The minimum Gasteiger partial charge on any atom is -0.379 e. The highest BCUT2D eigenvalue weighted by Crippen LogP contribution is 2.26. The molecule has 1 unspecified atom stereocenters. The highest BCUT2D eigenvalue weighted by atomic mass is 19.1. The maximum atomic E-state index is 13.3. The summed E-state index contributed by atoms with van der Waals surface area (Å²) in [6, 6.07) is 12.2. The Bertz CT molecular complexity index is 648. The second-order valence-electron chi connectivity index (χ2n) is 6.07. The van der Waals surface area contributed by atoms with Crippen molar-refractivity contribution in [3.05, 3.63) is 64.5 Å². The van der Waals surface area contributed by atoms with Gasteiger partial charge in [-0.2, -0.15) is 0 Å². The van der Waals surface area contributed by atoms with Gasteiger partial charge >= 0.3 is 0 Å². The Kier molecular flexibility index (Phi) is 3.96. The van der Waals surface area contributed by atoms with Gasteiger partial charge in [-0.15, -0.1) is 0 Å². The molecule has 1 aliphatic carbocycles. The van der Waals surface area contributed by atoms with E-state index in [-0.39, 0.29) is 11.9 Å². The van der Waals surface area contributed by atoms with Gasteiger partial charge in [0.25, 0.3) is 0 Å². The zero-order valence-corrected chi connectivity index (χ0v) is 12.7. The van der Waals surface area contributed by atoms with Crippen LogP contribution in [0, 0.1) is 12.7 Å². The van der Waals surface area contributed by atoms with Crippen molar-refractivity contribution in [1.29, 1.82) is 0 Å². The third-order valence-electron chi connectivity index (χ3n) is 4.41. The molecule has 3 rings (SSSR count). The lowest BCUT2D eigenvalue weighted by Gasteiger charge is -2.21. The lowest BCUT2D eigenvalue weighted by Crippen LogP contribution is -2.09. The Morgan fingerprint density at radius 3 is 2.52 bits per heavy atom. The van der Waals surface area contributed by atoms with Gasteiger partial charge in [0.15, 0.2) is 0 Å². The molecule has 1 N–H and O–H groups in total. The molecule has 0 spiro atoms. The number of aryl methyl sites for hydroxylation is 3. The number of rotatable bonds is 3. The van der Waals surface area contributed by atoms with Crippen LogP contribution in [0.3, 0.4) is 0 Å². The average Bonchev–Trinajstić information content (AvgIpc) is 2.50. The van der Waals surface area contributed by atoms with Crippen LogP contribution >= 0.6 is 0 Å². The number of hydrogen-bond donors (Lipinski definition) is 1. The van der Waals surface area contributed by atoms with Gasteiger partial charge in [-0.05, 0) is 80.0 Å². The first-order valence-electron chi connectivity index (χ1n) is 7.78. The molecule has 1 atom stereocenters. The molecule has 1 nitrogen and oxygen atoms in total. The third kappa shape index (κ3) is 3.10. The van der Waals surface area contributed by atoms with Crippen molar-refractivity contribution >= 4 is 5.69 Å². The van der Waals surface area contributed by atoms with Crippen LogP contribution in [0.1, 0.15) is 48.1 Å². The van der Waals surface area contributed by atoms with Gasteiger partial charge in [-0.3, -0.25) is 0 Å². The fourth-order valence-electron chi connectivity index (χ4n) is 3.09. The van der Waals surface area contributed by atoms with Crippen LogP contribution < -0.4 is 5.32 Å². The van der Waals surface area contributed by atoms with Crippen LogP contribution in [0.2, 0.25) is 0 Å². The first kappa shape index (κ1) is 14.1. The molecule has 0 bridgehead atoms. The first-order valence-corrected chi connectivity index (χ1v) is 7.78. The van der Waals surface area contributed by atoms with Crippen molar-refractivity contribution in [2.75, 3.05) is 5.32 Å². The van der Waals surface area contributed by atoms with Gasteiger partial charge in [0.05, 0.1) is 0 Å². The van der Waals surface area contributed by atoms with Gasteiger partial charge in [0, 0.05) is 11.7 Å². The van der Waals surface area contributed by atoms with Crippen LogP contribution in [0.15, 0.2) is 36.4 Å². The van der Waals surface area contributed by atoms with E-state index in [2.05, 4.69) is 30.4 Å². The van der Waals surface area contributed by atoms with Crippen molar-refractivity contribution in [2.45, 2.75) is 45.6 Å². The van der Waals surface area contributed by atoms with Crippen LogP contribution in [0.25, 0.3) is 0 Å². The molecular weight excluding hydrogens is 261 g/mol. The number of anilines is 1. The number of halogens is 1. The number of hydrogen-bond acceptors (Lipinski definition) is 1. The minimum atomic E-state index is -0.151. The van der Waals surface area contributed by atoms with E-state index >= 15 is 0 Å². The Morgan fingerprint density at radius 2 is 1.76 bits per heavy atom. The normalized spacial score (nSPS) is 15.4. The highest BCUT2D eigenvalue weighted by Gasteiger charge is 2.12.